The molecule has 116 valence electrons. The molecule has 0 aliphatic heterocycles. The molecule has 2 amide bonds. The van der Waals surface area contributed by atoms with Crippen LogP contribution in [0.4, 0.5) is 4.79 Å². The van der Waals surface area contributed by atoms with Crippen LogP contribution in [0.2, 0.25) is 5.02 Å². The minimum absolute atomic E-state index is 0.0239. The Hall–Kier alpha value is -1.26. The Labute approximate surface area is 131 Å². The van der Waals surface area contributed by atoms with Gasteiger partial charge in [-0.25, -0.2) is 4.79 Å². The number of hydrogen-bond acceptors (Lipinski definition) is 2. The van der Waals surface area contributed by atoms with E-state index in [2.05, 4.69) is 11.4 Å². The number of likely N-dealkylation sites (N-methyl/N-ethyl adjacent to an activating group) is 1. The van der Waals surface area contributed by atoms with Gasteiger partial charge in [0.25, 0.3) is 0 Å². The molecule has 2 rings (SSSR count). The molecule has 2 N–H and O–H groups in total. The predicted octanol–water partition coefficient (Wildman–Crippen LogP) is 2.78. The molecule has 0 heterocycles. The summed E-state index contributed by atoms with van der Waals surface area (Å²) < 4.78 is 0. The van der Waals surface area contributed by atoms with Crippen molar-refractivity contribution in [3.05, 3.63) is 34.9 Å². The van der Waals surface area contributed by atoms with Crippen LogP contribution in [0.3, 0.4) is 0 Å². The summed E-state index contributed by atoms with van der Waals surface area (Å²) in [6.45, 7) is 4.27. The van der Waals surface area contributed by atoms with Crippen molar-refractivity contribution < 1.29 is 9.90 Å². The first kappa shape index (κ1) is 16.1. The fourth-order valence-electron chi connectivity index (χ4n) is 2.57. The van der Waals surface area contributed by atoms with Crippen LogP contribution in [-0.4, -0.2) is 41.8 Å². The van der Waals surface area contributed by atoms with Gasteiger partial charge >= 0.3 is 6.03 Å². The number of rotatable bonds is 5. The van der Waals surface area contributed by atoms with Crippen LogP contribution in [0.15, 0.2) is 24.3 Å². The molecule has 0 bridgehead atoms. The molecule has 0 aromatic heterocycles. The fourth-order valence-corrected chi connectivity index (χ4v) is 2.76. The molecule has 0 unspecified atom stereocenters. The minimum Gasteiger partial charge on any atom is -0.389 e. The van der Waals surface area contributed by atoms with E-state index in [1.165, 1.54) is 10.5 Å². The Morgan fingerprint density at radius 1 is 1.48 bits per heavy atom. The largest absolute Gasteiger partial charge is 0.389 e. The first-order chi connectivity index (χ1) is 9.72. The number of nitrogens with zero attached hydrogens (tertiary/aromatic N) is 1. The number of carbonyl (C=O) groups excluding carboxylic acids is 1. The van der Waals surface area contributed by atoms with Crippen molar-refractivity contribution in [3.63, 3.8) is 0 Å². The maximum atomic E-state index is 12.1. The number of aliphatic hydroxyl groups is 1. The van der Waals surface area contributed by atoms with E-state index < -0.39 is 5.60 Å². The third-order valence-electron chi connectivity index (χ3n) is 3.84. The normalized spacial score (nSPS) is 16.4. The number of carbonyl (C=O) groups is 1. The van der Waals surface area contributed by atoms with E-state index in [-0.39, 0.29) is 11.4 Å². The quantitative estimate of drug-likeness (QED) is 0.878. The molecule has 5 heteroatoms. The molecule has 0 radical (unpaired) electrons. The van der Waals surface area contributed by atoms with Crippen LogP contribution in [-0.2, 0) is 5.41 Å². The van der Waals surface area contributed by atoms with Gasteiger partial charge in [0.15, 0.2) is 0 Å². The number of urea groups is 1. The van der Waals surface area contributed by atoms with Crippen LogP contribution < -0.4 is 5.32 Å². The van der Waals surface area contributed by atoms with Gasteiger partial charge in [-0.2, -0.15) is 0 Å². The smallest absolute Gasteiger partial charge is 0.317 e. The molecule has 1 aliphatic carbocycles. The maximum Gasteiger partial charge on any atom is 0.317 e. The molecule has 0 saturated heterocycles. The summed E-state index contributed by atoms with van der Waals surface area (Å²) >= 11 is 6.04. The zero-order valence-electron chi connectivity index (χ0n) is 12.8. The van der Waals surface area contributed by atoms with Gasteiger partial charge in [0.05, 0.1) is 12.1 Å². The molecule has 1 saturated carbocycles. The Balaban J connectivity index is 1.92. The van der Waals surface area contributed by atoms with Gasteiger partial charge in [-0.1, -0.05) is 23.7 Å². The van der Waals surface area contributed by atoms with E-state index in [0.29, 0.717) is 13.1 Å². The van der Waals surface area contributed by atoms with Gasteiger partial charge < -0.3 is 15.3 Å². The van der Waals surface area contributed by atoms with E-state index in [0.717, 1.165) is 17.9 Å². The average Bonchev–Trinajstić information content (AvgIpc) is 3.15. The summed E-state index contributed by atoms with van der Waals surface area (Å²) in [6, 6.07) is 7.68. The Kier molecular flexibility index (Phi) is 4.49. The standard InChI is InChI=1S/C16H23ClN2O2/c1-15(2,21)11-19(3)14(20)18-10-16(7-8-16)12-5-4-6-13(17)9-12/h4-6,9,21H,7-8,10-11H2,1-3H3,(H,18,20). The van der Waals surface area contributed by atoms with Crippen LogP contribution in [0.25, 0.3) is 0 Å². The Morgan fingerprint density at radius 2 is 2.14 bits per heavy atom. The lowest BCUT2D eigenvalue weighted by molar-refractivity contribution is 0.0531. The molecular weight excluding hydrogens is 288 g/mol. The van der Waals surface area contributed by atoms with Crippen molar-refractivity contribution in [2.45, 2.75) is 37.7 Å². The van der Waals surface area contributed by atoms with Gasteiger partial charge in [0.2, 0.25) is 0 Å². The summed E-state index contributed by atoms with van der Waals surface area (Å²) in [5.41, 5.74) is 0.312. The summed E-state index contributed by atoms with van der Waals surface area (Å²) in [6.07, 6.45) is 2.12. The van der Waals surface area contributed by atoms with Crippen LogP contribution in [0, 0.1) is 0 Å². The Morgan fingerprint density at radius 3 is 2.67 bits per heavy atom. The van der Waals surface area contributed by atoms with Crippen molar-refractivity contribution in [2.75, 3.05) is 20.1 Å². The van der Waals surface area contributed by atoms with E-state index in [1.807, 2.05) is 18.2 Å². The topological polar surface area (TPSA) is 52.6 Å². The lowest BCUT2D eigenvalue weighted by Gasteiger charge is -2.27. The van der Waals surface area contributed by atoms with Crippen LogP contribution in [0.1, 0.15) is 32.3 Å². The predicted molar refractivity (Wildman–Crippen MR) is 84.7 cm³/mol. The molecular formula is C16H23ClN2O2. The molecule has 0 spiro atoms. The molecule has 4 nitrogen and oxygen atoms in total. The van der Waals surface area contributed by atoms with Crippen molar-refractivity contribution >= 4 is 17.6 Å². The van der Waals surface area contributed by atoms with Gasteiger partial charge in [-0.15, -0.1) is 0 Å². The van der Waals surface area contributed by atoms with Crippen molar-refractivity contribution in [2.24, 2.45) is 0 Å². The number of nitrogens with one attached hydrogen (secondary N) is 1. The zero-order chi connectivity index (χ0) is 15.7. The van der Waals surface area contributed by atoms with E-state index in [4.69, 9.17) is 11.6 Å². The highest BCUT2D eigenvalue weighted by Gasteiger charge is 2.44. The van der Waals surface area contributed by atoms with Gasteiger partial charge in [0.1, 0.15) is 0 Å². The number of amides is 2. The number of hydrogen-bond donors (Lipinski definition) is 2. The van der Waals surface area contributed by atoms with Crippen LogP contribution in [0.5, 0.6) is 0 Å². The van der Waals surface area contributed by atoms with Crippen molar-refractivity contribution in [1.29, 1.82) is 0 Å². The molecule has 1 fully saturated rings. The highest BCUT2D eigenvalue weighted by Crippen LogP contribution is 2.48. The molecule has 1 aliphatic rings. The Bertz CT molecular complexity index is 521. The second kappa shape index (κ2) is 5.85. The average molecular weight is 311 g/mol. The minimum atomic E-state index is -0.893. The lowest BCUT2D eigenvalue weighted by atomic mass is 9.96. The molecule has 1 aromatic rings. The number of benzene rings is 1. The highest BCUT2D eigenvalue weighted by molar-refractivity contribution is 6.30. The summed E-state index contributed by atoms with van der Waals surface area (Å²) in [7, 11) is 1.69. The first-order valence-electron chi connectivity index (χ1n) is 7.19. The molecule has 21 heavy (non-hydrogen) atoms. The molecule has 1 aromatic carbocycles. The highest BCUT2D eigenvalue weighted by atomic mass is 35.5. The van der Waals surface area contributed by atoms with E-state index in [1.54, 1.807) is 20.9 Å². The third kappa shape index (κ3) is 4.35. The van der Waals surface area contributed by atoms with E-state index in [9.17, 15) is 9.90 Å². The molecule has 0 atom stereocenters. The van der Waals surface area contributed by atoms with Gasteiger partial charge in [0, 0.05) is 24.0 Å². The third-order valence-corrected chi connectivity index (χ3v) is 4.07. The second-order valence-electron chi connectivity index (χ2n) is 6.62. The zero-order valence-corrected chi connectivity index (χ0v) is 13.6. The van der Waals surface area contributed by atoms with Gasteiger partial charge in [-0.05, 0) is 44.4 Å². The number of halogens is 1. The van der Waals surface area contributed by atoms with Crippen molar-refractivity contribution in [3.8, 4) is 0 Å². The van der Waals surface area contributed by atoms with E-state index >= 15 is 0 Å². The van der Waals surface area contributed by atoms with Crippen LogP contribution >= 0.6 is 11.6 Å². The SMILES string of the molecule is CN(CC(C)(C)O)C(=O)NCC1(c2cccc(Cl)c2)CC1. The first-order valence-corrected chi connectivity index (χ1v) is 7.57. The monoisotopic (exact) mass is 310 g/mol. The fraction of sp³-hybridized carbons (Fsp3) is 0.562. The lowest BCUT2D eigenvalue weighted by Crippen LogP contribution is -2.46. The summed E-state index contributed by atoms with van der Waals surface area (Å²) in [4.78, 5) is 13.6. The summed E-state index contributed by atoms with van der Waals surface area (Å²) in [5, 5.41) is 13.4. The van der Waals surface area contributed by atoms with Crippen molar-refractivity contribution in [1.82, 2.24) is 10.2 Å². The second-order valence-corrected chi connectivity index (χ2v) is 7.05. The summed E-state index contributed by atoms with van der Waals surface area (Å²) in [5.74, 6) is 0. The van der Waals surface area contributed by atoms with Gasteiger partial charge in [-0.3, -0.25) is 0 Å². The maximum absolute atomic E-state index is 12.1.